The molecule has 1 heterocycles. The Morgan fingerprint density at radius 3 is 1.93 bits per heavy atom. The number of benzene rings is 1. The van der Waals surface area contributed by atoms with Gasteiger partial charge in [0.15, 0.2) is 0 Å². The zero-order chi connectivity index (χ0) is 19.9. The SMILES string of the molecule is NCCCCCCc1ccc(N2CCCCC2)cc1.O=C(O)CCC(=O)O. The number of aryl methyl sites for hydroxylation is 1. The number of carboxylic acids is 2. The van der Waals surface area contributed by atoms with Crippen LogP contribution in [0.1, 0.15) is 63.4 Å². The Balaban J connectivity index is 0.000000387. The summed E-state index contributed by atoms with van der Waals surface area (Å²) in [5.41, 5.74) is 8.39. The van der Waals surface area contributed by atoms with E-state index in [2.05, 4.69) is 29.2 Å². The van der Waals surface area contributed by atoms with Crippen LogP contribution in [0.25, 0.3) is 0 Å². The molecule has 0 aliphatic carbocycles. The van der Waals surface area contributed by atoms with Crippen molar-refractivity contribution in [2.45, 2.75) is 64.2 Å². The van der Waals surface area contributed by atoms with Gasteiger partial charge in [0.1, 0.15) is 0 Å². The van der Waals surface area contributed by atoms with Gasteiger partial charge in [0.25, 0.3) is 0 Å². The molecule has 27 heavy (non-hydrogen) atoms. The fourth-order valence-corrected chi connectivity index (χ4v) is 3.07. The van der Waals surface area contributed by atoms with E-state index in [1.807, 2.05) is 0 Å². The summed E-state index contributed by atoms with van der Waals surface area (Å²) in [7, 11) is 0. The summed E-state index contributed by atoms with van der Waals surface area (Å²) in [4.78, 5) is 21.8. The van der Waals surface area contributed by atoms with Crippen LogP contribution in [0.15, 0.2) is 24.3 Å². The number of anilines is 1. The summed E-state index contributed by atoms with van der Waals surface area (Å²) in [5.74, 6) is -2.15. The van der Waals surface area contributed by atoms with Crippen LogP contribution in [-0.2, 0) is 16.0 Å². The molecule has 0 unspecified atom stereocenters. The lowest BCUT2D eigenvalue weighted by atomic mass is 10.0. The van der Waals surface area contributed by atoms with Crippen LogP contribution in [-0.4, -0.2) is 41.8 Å². The van der Waals surface area contributed by atoms with Crippen molar-refractivity contribution in [3.63, 3.8) is 0 Å². The standard InChI is InChI=1S/C17H28N2.C4H6O4/c18-13-5-2-1-4-8-16-9-11-17(12-10-16)19-14-6-3-7-15-19;5-3(6)1-2-4(7)8/h9-12H,1-8,13-15,18H2;1-2H2,(H,5,6)(H,7,8). The third-order valence-electron chi connectivity index (χ3n) is 4.63. The summed E-state index contributed by atoms with van der Waals surface area (Å²) >= 11 is 0. The van der Waals surface area contributed by atoms with Crippen LogP contribution < -0.4 is 10.6 Å². The Labute approximate surface area is 162 Å². The van der Waals surface area contributed by atoms with Gasteiger partial charge >= 0.3 is 11.9 Å². The van der Waals surface area contributed by atoms with Crippen molar-refractivity contribution in [1.82, 2.24) is 0 Å². The number of nitrogens with zero attached hydrogens (tertiary/aromatic N) is 1. The smallest absolute Gasteiger partial charge is 0.303 e. The maximum Gasteiger partial charge on any atom is 0.303 e. The fraction of sp³-hybridized carbons (Fsp3) is 0.619. The van der Waals surface area contributed by atoms with Crippen LogP contribution in [0.4, 0.5) is 5.69 Å². The van der Waals surface area contributed by atoms with Gasteiger partial charge in [-0.05, 0) is 62.8 Å². The van der Waals surface area contributed by atoms with E-state index in [0.29, 0.717) is 0 Å². The Morgan fingerprint density at radius 2 is 1.41 bits per heavy atom. The van der Waals surface area contributed by atoms with Crippen LogP contribution >= 0.6 is 0 Å². The summed E-state index contributed by atoms with van der Waals surface area (Å²) in [6, 6.07) is 9.24. The first kappa shape index (κ1) is 23.0. The molecule has 0 radical (unpaired) electrons. The van der Waals surface area contributed by atoms with Gasteiger partial charge in [-0.15, -0.1) is 0 Å². The second-order valence-corrected chi connectivity index (χ2v) is 6.95. The number of aliphatic carboxylic acids is 2. The van der Waals surface area contributed by atoms with E-state index in [0.717, 1.165) is 6.54 Å². The molecule has 0 amide bonds. The molecule has 1 aliphatic heterocycles. The molecule has 0 atom stereocenters. The predicted molar refractivity (Wildman–Crippen MR) is 108 cm³/mol. The van der Waals surface area contributed by atoms with Crippen molar-refractivity contribution in [3.05, 3.63) is 29.8 Å². The zero-order valence-corrected chi connectivity index (χ0v) is 16.2. The summed E-state index contributed by atoms with van der Waals surface area (Å²) in [6.07, 6.45) is 9.78. The number of unbranched alkanes of at least 4 members (excludes halogenated alkanes) is 3. The van der Waals surface area contributed by atoms with Gasteiger partial charge in [0.2, 0.25) is 0 Å². The largest absolute Gasteiger partial charge is 0.481 e. The number of nitrogens with two attached hydrogens (primary N) is 1. The maximum absolute atomic E-state index is 9.64. The second-order valence-electron chi connectivity index (χ2n) is 6.95. The lowest BCUT2D eigenvalue weighted by Gasteiger charge is -2.28. The van der Waals surface area contributed by atoms with Crippen molar-refractivity contribution >= 4 is 17.6 Å². The minimum absolute atomic E-state index is 0.296. The van der Waals surface area contributed by atoms with Gasteiger partial charge in [-0.2, -0.15) is 0 Å². The minimum Gasteiger partial charge on any atom is -0.481 e. The van der Waals surface area contributed by atoms with Crippen molar-refractivity contribution in [3.8, 4) is 0 Å². The molecular weight excluding hydrogens is 344 g/mol. The van der Waals surface area contributed by atoms with Crippen molar-refractivity contribution < 1.29 is 19.8 Å². The first-order chi connectivity index (χ1) is 13.0. The lowest BCUT2D eigenvalue weighted by molar-refractivity contribution is -0.143. The van der Waals surface area contributed by atoms with Crippen LogP contribution in [0.5, 0.6) is 0 Å². The Hall–Kier alpha value is -2.08. The highest BCUT2D eigenvalue weighted by Crippen LogP contribution is 2.20. The molecule has 6 heteroatoms. The molecule has 4 N–H and O–H groups in total. The molecule has 0 bridgehead atoms. The lowest BCUT2D eigenvalue weighted by Crippen LogP contribution is -2.29. The number of carbonyl (C=O) groups is 2. The Morgan fingerprint density at radius 1 is 0.852 bits per heavy atom. The first-order valence-corrected chi connectivity index (χ1v) is 10.0. The number of rotatable bonds is 10. The quantitative estimate of drug-likeness (QED) is 0.537. The molecular formula is C21H34N2O4. The molecule has 1 aromatic rings. The third kappa shape index (κ3) is 11.3. The van der Waals surface area contributed by atoms with E-state index < -0.39 is 11.9 Å². The summed E-state index contributed by atoms with van der Waals surface area (Å²) in [6.45, 7) is 3.31. The minimum atomic E-state index is -1.08. The van der Waals surface area contributed by atoms with Crippen LogP contribution in [0.3, 0.4) is 0 Å². The average molecular weight is 379 g/mol. The van der Waals surface area contributed by atoms with Crippen LogP contribution in [0, 0.1) is 0 Å². The van der Waals surface area contributed by atoms with Gasteiger partial charge in [-0.1, -0.05) is 25.0 Å². The van der Waals surface area contributed by atoms with E-state index in [-0.39, 0.29) is 12.8 Å². The maximum atomic E-state index is 9.64. The van der Waals surface area contributed by atoms with E-state index in [1.165, 1.54) is 75.7 Å². The molecule has 0 aromatic heterocycles. The number of carboxylic acid groups (broad SMARTS) is 2. The molecule has 1 aliphatic rings. The highest BCUT2D eigenvalue weighted by molar-refractivity contribution is 5.75. The summed E-state index contributed by atoms with van der Waals surface area (Å²) < 4.78 is 0. The Kier molecular flexibility index (Phi) is 11.9. The van der Waals surface area contributed by atoms with Crippen molar-refractivity contribution in [1.29, 1.82) is 0 Å². The number of piperidine rings is 1. The number of hydrogen-bond acceptors (Lipinski definition) is 4. The van der Waals surface area contributed by atoms with Gasteiger partial charge in [0.05, 0.1) is 12.8 Å². The van der Waals surface area contributed by atoms with Crippen LogP contribution in [0.2, 0.25) is 0 Å². The zero-order valence-electron chi connectivity index (χ0n) is 16.2. The highest BCUT2D eigenvalue weighted by atomic mass is 16.4. The van der Waals surface area contributed by atoms with Gasteiger partial charge in [-0.25, -0.2) is 0 Å². The molecule has 6 nitrogen and oxygen atoms in total. The third-order valence-corrected chi connectivity index (χ3v) is 4.63. The molecule has 1 aromatic carbocycles. The van der Waals surface area contributed by atoms with Crippen molar-refractivity contribution in [2.75, 3.05) is 24.5 Å². The van der Waals surface area contributed by atoms with E-state index in [4.69, 9.17) is 15.9 Å². The van der Waals surface area contributed by atoms with E-state index in [1.54, 1.807) is 0 Å². The molecule has 1 saturated heterocycles. The Bertz CT molecular complexity index is 526. The monoisotopic (exact) mass is 378 g/mol. The van der Waals surface area contributed by atoms with E-state index in [9.17, 15) is 9.59 Å². The second kappa shape index (κ2) is 14.0. The predicted octanol–water partition coefficient (Wildman–Crippen LogP) is 3.67. The molecule has 152 valence electrons. The topological polar surface area (TPSA) is 104 Å². The molecule has 1 fully saturated rings. The molecule has 0 saturated carbocycles. The van der Waals surface area contributed by atoms with Gasteiger partial charge in [-0.3, -0.25) is 9.59 Å². The van der Waals surface area contributed by atoms with Gasteiger partial charge < -0.3 is 20.8 Å². The first-order valence-electron chi connectivity index (χ1n) is 10.0. The van der Waals surface area contributed by atoms with Gasteiger partial charge in [0, 0.05) is 18.8 Å². The molecule has 2 rings (SSSR count). The fourth-order valence-electron chi connectivity index (χ4n) is 3.07. The number of hydrogen-bond donors (Lipinski definition) is 3. The average Bonchev–Trinajstić information content (AvgIpc) is 2.68. The normalized spacial score (nSPS) is 13.6. The summed E-state index contributed by atoms with van der Waals surface area (Å²) in [5, 5.41) is 15.8. The molecule has 0 spiro atoms. The van der Waals surface area contributed by atoms with Crippen molar-refractivity contribution in [2.24, 2.45) is 5.73 Å². The van der Waals surface area contributed by atoms with E-state index >= 15 is 0 Å². The highest BCUT2D eigenvalue weighted by Gasteiger charge is 2.10.